The summed E-state index contributed by atoms with van der Waals surface area (Å²) in [4.78, 5) is 45.0. The summed E-state index contributed by atoms with van der Waals surface area (Å²) in [7, 11) is -5.29. The first-order valence-electron chi connectivity index (χ1n) is 10.2. The number of ether oxygens (including phenoxy) is 2. The fourth-order valence-electron chi connectivity index (χ4n) is 2.12. The van der Waals surface area contributed by atoms with Crippen LogP contribution >= 0.6 is 7.82 Å². The maximum absolute atomic E-state index is 11.9. The summed E-state index contributed by atoms with van der Waals surface area (Å²) in [6.07, 6.45) is 4.60. The molecule has 0 N–H and O–H groups in total. The van der Waals surface area contributed by atoms with Crippen LogP contribution in [0.2, 0.25) is 0 Å². The molecule has 0 amide bonds. The molecular formula is C24H25Na2O8P. The van der Waals surface area contributed by atoms with Gasteiger partial charge in [-0.3, -0.25) is 4.79 Å². The minimum absolute atomic E-state index is 0. The quantitative estimate of drug-likeness (QED) is 0.0594. The zero-order valence-electron chi connectivity index (χ0n) is 20.7. The Bertz CT molecular complexity index is 995. The SMILES string of the molecule is CC#CC#CC#CC#CC#CC(=O)OC[C@@H](COP(=O)([O-])[O-])OC(=O)CCCCCCCC.[Na+].[Na+]. The zero-order chi connectivity index (χ0) is 24.8. The number of rotatable bonds is 13. The van der Waals surface area contributed by atoms with Crippen molar-refractivity contribution in [2.45, 2.75) is 64.9 Å². The normalized spacial score (nSPS) is 9.49. The van der Waals surface area contributed by atoms with E-state index in [0.717, 1.165) is 32.1 Å². The Balaban J connectivity index is -0.00000512. The van der Waals surface area contributed by atoms with Gasteiger partial charge in [0.05, 0.1) is 14.4 Å². The van der Waals surface area contributed by atoms with E-state index in [9.17, 15) is 23.9 Å². The topological polar surface area (TPSA) is 125 Å². The van der Waals surface area contributed by atoms with Crippen molar-refractivity contribution in [2.24, 2.45) is 0 Å². The molecule has 1 atom stereocenters. The Morgan fingerprint density at radius 2 is 1.37 bits per heavy atom. The molecular weight excluding hydrogens is 493 g/mol. The zero-order valence-corrected chi connectivity index (χ0v) is 25.5. The maximum atomic E-state index is 11.9. The van der Waals surface area contributed by atoms with E-state index in [1.165, 1.54) is 0 Å². The number of esters is 2. The van der Waals surface area contributed by atoms with Gasteiger partial charge in [-0.1, -0.05) is 44.9 Å². The Morgan fingerprint density at radius 3 is 1.94 bits per heavy atom. The second-order valence-corrected chi connectivity index (χ2v) is 7.50. The molecule has 0 rings (SSSR count). The monoisotopic (exact) mass is 518 g/mol. The van der Waals surface area contributed by atoms with Gasteiger partial charge in [-0.2, -0.15) is 0 Å². The van der Waals surface area contributed by atoms with Gasteiger partial charge in [-0.25, -0.2) is 4.79 Å². The number of phosphoric ester groups is 1. The van der Waals surface area contributed by atoms with E-state index >= 15 is 0 Å². The van der Waals surface area contributed by atoms with Crippen molar-refractivity contribution in [3.05, 3.63) is 0 Å². The van der Waals surface area contributed by atoms with Gasteiger partial charge in [-0.05, 0) is 60.7 Å². The fourth-order valence-corrected chi connectivity index (χ4v) is 2.47. The summed E-state index contributed by atoms with van der Waals surface area (Å²) >= 11 is 0. The van der Waals surface area contributed by atoms with Gasteiger partial charge in [0.1, 0.15) is 6.61 Å². The van der Waals surface area contributed by atoms with Crippen molar-refractivity contribution in [1.29, 1.82) is 0 Å². The first-order chi connectivity index (χ1) is 15.8. The molecule has 0 spiro atoms. The molecule has 0 heterocycles. The minimum atomic E-state index is -5.29. The maximum Gasteiger partial charge on any atom is 1.00 e. The van der Waals surface area contributed by atoms with E-state index in [1.54, 1.807) is 6.92 Å². The number of hydrogen-bond acceptors (Lipinski definition) is 8. The molecule has 0 aliphatic rings. The summed E-state index contributed by atoms with van der Waals surface area (Å²) in [6, 6.07) is 0. The molecule has 0 aromatic rings. The Labute approximate surface area is 252 Å². The minimum Gasteiger partial charge on any atom is -0.790 e. The molecule has 8 nitrogen and oxygen atoms in total. The molecule has 0 bridgehead atoms. The van der Waals surface area contributed by atoms with Crippen LogP contribution in [0.3, 0.4) is 0 Å². The first-order valence-corrected chi connectivity index (χ1v) is 11.7. The molecule has 0 unspecified atom stereocenters. The largest absolute Gasteiger partial charge is 1.00 e. The van der Waals surface area contributed by atoms with Crippen LogP contribution in [-0.2, 0) is 28.2 Å². The van der Waals surface area contributed by atoms with Crippen LogP contribution < -0.4 is 68.9 Å². The van der Waals surface area contributed by atoms with Crippen molar-refractivity contribution in [3.63, 3.8) is 0 Å². The van der Waals surface area contributed by atoms with Crippen LogP contribution in [0.25, 0.3) is 0 Å². The molecule has 11 heteroatoms. The predicted molar refractivity (Wildman–Crippen MR) is 117 cm³/mol. The van der Waals surface area contributed by atoms with Gasteiger partial charge < -0.3 is 28.3 Å². The molecule has 0 aromatic heterocycles. The second-order valence-electron chi connectivity index (χ2n) is 6.35. The van der Waals surface area contributed by atoms with Gasteiger partial charge in [0.2, 0.25) is 0 Å². The summed E-state index contributed by atoms with van der Waals surface area (Å²) in [5.41, 5.74) is 0. The van der Waals surface area contributed by atoms with E-state index in [1.807, 2.05) is 0 Å². The summed E-state index contributed by atoms with van der Waals surface area (Å²) in [5.74, 6) is 22.1. The Hall–Kier alpha value is -1.15. The Kier molecular flexibility index (Phi) is 28.4. The van der Waals surface area contributed by atoms with Crippen molar-refractivity contribution >= 4 is 19.8 Å². The second kappa shape index (κ2) is 25.9. The Morgan fingerprint density at radius 1 is 0.829 bits per heavy atom. The van der Waals surface area contributed by atoms with Gasteiger partial charge in [0.25, 0.3) is 0 Å². The van der Waals surface area contributed by atoms with E-state index in [2.05, 4.69) is 70.7 Å². The van der Waals surface area contributed by atoms with Crippen molar-refractivity contribution in [1.82, 2.24) is 0 Å². The molecule has 0 saturated carbocycles. The summed E-state index contributed by atoms with van der Waals surface area (Å²) < 4.78 is 24.7. The number of unbranched alkanes of at least 4 members (excludes halogenated alkanes) is 5. The first kappa shape index (κ1) is 38.4. The van der Waals surface area contributed by atoms with Crippen LogP contribution in [0, 0.1) is 59.2 Å². The van der Waals surface area contributed by atoms with E-state index < -0.39 is 39.1 Å². The molecule has 0 aliphatic carbocycles. The number of carbonyl (C=O) groups excluding carboxylic acids is 2. The molecule has 35 heavy (non-hydrogen) atoms. The average molecular weight is 518 g/mol. The smallest absolute Gasteiger partial charge is 0.790 e. The predicted octanol–water partition coefficient (Wildman–Crippen LogP) is -4.92. The number of hydrogen-bond donors (Lipinski definition) is 0. The number of phosphoric acid groups is 1. The van der Waals surface area contributed by atoms with Crippen molar-refractivity contribution < 1.29 is 97.1 Å². The van der Waals surface area contributed by atoms with E-state index in [4.69, 9.17) is 9.47 Å². The van der Waals surface area contributed by atoms with E-state index in [-0.39, 0.29) is 65.5 Å². The van der Waals surface area contributed by atoms with Crippen LogP contribution in [0.4, 0.5) is 0 Å². The standard InChI is InChI=1S/C24H27O8P.2Na/c1-3-5-7-9-11-12-13-15-16-18-23(25)30-20-22(21-31-33(27,28)29)32-24(26)19-17-14-10-8-6-4-2;;/h22H,4,6,8,10,14,17,19-21H2,1-2H3,(H2,27,28,29);;/q;2*+1/p-2/t22-;;/m0../s1. The van der Waals surface area contributed by atoms with E-state index in [0.29, 0.717) is 6.42 Å². The summed E-state index contributed by atoms with van der Waals surface area (Å²) in [6.45, 7) is 2.42. The third-order valence-corrected chi connectivity index (χ3v) is 4.04. The van der Waals surface area contributed by atoms with Crippen LogP contribution in [0.1, 0.15) is 58.8 Å². The fraction of sp³-hybridized carbons (Fsp3) is 0.500. The van der Waals surface area contributed by atoms with Gasteiger partial charge in [0.15, 0.2) is 6.10 Å². The van der Waals surface area contributed by atoms with Crippen molar-refractivity contribution in [3.8, 4) is 59.2 Å². The van der Waals surface area contributed by atoms with Crippen LogP contribution in [-0.4, -0.2) is 31.3 Å². The van der Waals surface area contributed by atoms with Gasteiger partial charge >= 0.3 is 71.1 Å². The van der Waals surface area contributed by atoms with Crippen LogP contribution in [0.15, 0.2) is 0 Å². The van der Waals surface area contributed by atoms with Gasteiger partial charge in [0, 0.05) is 12.3 Å². The molecule has 176 valence electrons. The molecule has 0 fully saturated rings. The molecule has 0 saturated heterocycles. The summed E-state index contributed by atoms with van der Waals surface area (Å²) in [5, 5.41) is 0. The molecule has 0 aliphatic heterocycles. The molecule has 0 aromatic carbocycles. The average Bonchev–Trinajstić information content (AvgIpc) is 2.76. The third kappa shape index (κ3) is 29.0. The van der Waals surface area contributed by atoms with Crippen LogP contribution in [0.5, 0.6) is 0 Å². The van der Waals surface area contributed by atoms with Gasteiger partial charge in [-0.15, -0.1) is 0 Å². The molecule has 0 radical (unpaired) electrons. The van der Waals surface area contributed by atoms with Crippen molar-refractivity contribution in [2.75, 3.05) is 13.2 Å². The third-order valence-electron chi connectivity index (χ3n) is 3.58. The number of carbonyl (C=O) groups is 2.